The van der Waals surface area contributed by atoms with Gasteiger partial charge in [-0.25, -0.2) is 0 Å². The van der Waals surface area contributed by atoms with Gasteiger partial charge in [-0.1, -0.05) is 36.9 Å². The van der Waals surface area contributed by atoms with Gasteiger partial charge < -0.3 is 10.6 Å². The van der Waals surface area contributed by atoms with Crippen LogP contribution in [0, 0.1) is 0 Å². The minimum atomic E-state index is 0.731. The fourth-order valence-electron chi connectivity index (χ4n) is 2.36. The van der Waals surface area contributed by atoms with Crippen LogP contribution in [0.25, 0.3) is 16.6 Å². The number of para-hydroxylation sites is 3. The highest BCUT2D eigenvalue weighted by molar-refractivity contribution is 5.87. The molecule has 1 heterocycles. The number of fused-ring (bicyclic) bond motifs is 1. The second-order valence-corrected chi connectivity index (χ2v) is 4.98. The highest BCUT2D eigenvalue weighted by atomic mass is 15.1. The van der Waals surface area contributed by atoms with Crippen molar-refractivity contribution in [2.45, 2.75) is 0 Å². The number of nitrogen functional groups attached to an aromatic ring is 1. The van der Waals surface area contributed by atoms with Crippen molar-refractivity contribution >= 4 is 28.0 Å². The number of nitrogens with zero attached hydrogens (tertiary/aromatic N) is 2. The third-order valence-electron chi connectivity index (χ3n) is 3.63. The molecule has 0 spiro atoms. The summed E-state index contributed by atoms with van der Waals surface area (Å²) in [4.78, 5) is 6.47. The Labute approximate surface area is 124 Å². The van der Waals surface area contributed by atoms with Crippen LogP contribution in [0.5, 0.6) is 0 Å². The molecule has 0 atom stereocenters. The number of benzene rings is 2. The van der Waals surface area contributed by atoms with E-state index in [0.717, 1.165) is 33.5 Å². The zero-order chi connectivity index (χ0) is 14.8. The summed E-state index contributed by atoms with van der Waals surface area (Å²) in [7, 11) is 1.96. The minimum absolute atomic E-state index is 0.731. The Morgan fingerprint density at radius 3 is 2.62 bits per heavy atom. The van der Waals surface area contributed by atoms with Gasteiger partial charge in [-0.05, 0) is 24.3 Å². The number of rotatable bonds is 3. The van der Waals surface area contributed by atoms with Crippen LogP contribution in [0.15, 0.2) is 67.4 Å². The maximum atomic E-state index is 6.03. The van der Waals surface area contributed by atoms with Crippen molar-refractivity contribution in [3.05, 3.63) is 72.9 Å². The monoisotopic (exact) mass is 275 g/mol. The van der Waals surface area contributed by atoms with E-state index in [1.54, 1.807) is 0 Å². The molecule has 3 rings (SSSR count). The van der Waals surface area contributed by atoms with Crippen LogP contribution >= 0.6 is 0 Å². The third-order valence-corrected chi connectivity index (χ3v) is 3.63. The van der Waals surface area contributed by atoms with Gasteiger partial charge in [0.25, 0.3) is 0 Å². The molecule has 3 heteroatoms. The maximum absolute atomic E-state index is 6.03. The molecule has 0 fully saturated rings. The van der Waals surface area contributed by atoms with Gasteiger partial charge in [-0.15, -0.1) is 0 Å². The molecule has 2 N–H and O–H groups in total. The summed E-state index contributed by atoms with van der Waals surface area (Å²) in [6.07, 6.45) is 1.85. The standard InChI is InChI=1S/C18H17N3/c1-13(21(2)18-10-6-4-8-16(18)19)15-11-14-7-3-5-9-17(14)20-12-15/h3-12H,1,19H2,2H3. The van der Waals surface area contributed by atoms with E-state index in [1.165, 1.54) is 0 Å². The van der Waals surface area contributed by atoms with Crippen LogP contribution in [0.2, 0.25) is 0 Å². The van der Waals surface area contributed by atoms with Crippen molar-refractivity contribution in [1.82, 2.24) is 4.98 Å². The zero-order valence-electron chi connectivity index (χ0n) is 12.0. The summed E-state index contributed by atoms with van der Waals surface area (Å²) in [6.45, 7) is 4.18. The van der Waals surface area contributed by atoms with Crippen LogP contribution in [0.3, 0.4) is 0 Å². The third kappa shape index (κ3) is 2.46. The molecule has 2 aromatic carbocycles. The molecule has 0 saturated heterocycles. The number of anilines is 2. The first kappa shape index (κ1) is 13.2. The van der Waals surface area contributed by atoms with E-state index in [9.17, 15) is 0 Å². The van der Waals surface area contributed by atoms with E-state index in [4.69, 9.17) is 5.73 Å². The zero-order valence-corrected chi connectivity index (χ0v) is 12.0. The molecule has 104 valence electrons. The van der Waals surface area contributed by atoms with Gasteiger partial charge in [0, 0.05) is 29.9 Å². The molecule has 21 heavy (non-hydrogen) atoms. The summed E-state index contributed by atoms with van der Waals surface area (Å²) >= 11 is 0. The fraction of sp³-hybridized carbons (Fsp3) is 0.0556. The quantitative estimate of drug-likeness (QED) is 0.736. The molecule has 0 aliphatic heterocycles. The van der Waals surface area contributed by atoms with E-state index in [1.807, 2.05) is 60.6 Å². The van der Waals surface area contributed by atoms with Gasteiger partial charge in [0.2, 0.25) is 0 Å². The van der Waals surface area contributed by atoms with Gasteiger partial charge in [0.15, 0.2) is 0 Å². The number of hydrogen-bond donors (Lipinski definition) is 1. The molecule has 0 saturated carbocycles. The van der Waals surface area contributed by atoms with Gasteiger partial charge in [0.1, 0.15) is 0 Å². The molecule has 3 aromatic rings. The Hall–Kier alpha value is -2.81. The lowest BCUT2D eigenvalue weighted by Gasteiger charge is -2.23. The molecule has 0 radical (unpaired) electrons. The second-order valence-electron chi connectivity index (χ2n) is 4.98. The predicted octanol–water partition coefficient (Wildman–Crippen LogP) is 3.92. The first-order valence-electron chi connectivity index (χ1n) is 6.79. The smallest absolute Gasteiger partial charge is 0.0702 e. The molecule has 0 bridgehead atoms. The van der Waals surface area contributed by atoms with E-state index >= 15 is 0 Å². The summed E-state index contributed by atoms with van der Waals surface area (Å²) in [5.74, 6) is 0. The van der Waals surface area contributed by atoms with Crippen LogP contribution in [-0.2, 0) is 0 Å². The van der Waals surface area contributed by atoms with Crippen LogP contribution < -0.4 is 10.6 Å². The Balaban J connectivity index is 1.98. The van der Waals surface area contributed by atoms with Gasteiger partial charge in [-0.3, -0.25) is 4.98 Å². The maximum Gasteiger partial charge on any atom is 0.0702 e. The van der Waals surface area contributed by atoms with Crippen molar-refractivity contribution in [3.63, 3.8) is 0 Å². The van der Waals surface area contributed by atoms with Crippen molar-refractivity contribution in [3.8, 4) is 0 Å². The van der Waals surface area contributed by atoms with Crippen molar-refractivity contribution in [2.24, 2.45) is 0 Å². The Bertz CT molecular complexity index is 808. The average molecular weight is 275 g/mol. The van der Waals surface area contributed by atoms with E-state index < -0.39 is 0 Å². The molecule has 0 aliphatic carbocycles. The van der Waals surface area contributed by atoms with Crippen molar-refractivity contribution in [2.75, 3.05) is 17.7 Å². The highest BCUT2D eigenvalue weighted by Gasteiger charge is 2.10. The molecule has 1 aromatic heterocycles. The minimum Gasteiger partial charge on any atom is -0.397 e. The molecule has 0 unspecified atom stereocenters. The molecular weight excluding hydrogens is 258 g/mol. The normalized spacial score (nSPS) is 10.5. The number of hydrogen-bond acceptors (Lipinski definition) is 3. The highest BCUT2D eigenvalue weighted by Crippen LogP contribution is 2.28. The molecule has 3 nitrogen and oxygen atoms in total. The fourth-order valence-corrected chi connectivity index (χ4v) is 2.36. The summed E-state index contributed by atoms with van der Waals surface area (Å²) in [6, 6.07) is 17.9. The van der Waals surface area contributed by atoms with Gasteiger partial charge >= 0.3 is 0 Å². The van der Waals surface area contributed by atoms with E-state index in [2.05, 4.69) is 23.7 Å². The van der Waals surface area contributed by atoms with E-state index in [-0.39, 0.29) is 0 Å². The first-order valence-corrected chi connectivity index (χ1v) is 6.79. The van der Waals surface area contributed by atoms with Crippen LogP contribution in [0.1, 0.15) is 5.56 Å². The molecule has 0 aliphatic rings. The average Bonchev–Trinajstić information content (AvgIpc) is 2.53. The van der Waals surface area contributed by atoms with E-state index in [0.29, 0.717) is 0 Å². The predicted molar refractivity (Wildman–Crippen MR) is 90.0 cm³/mol. The van der Waals surface area contributed by atoms with Crippen molar-refractivity contribution in [1.29, 1.82) is 0 Å². The summed E-state index contributed by atoms with van der Waals surface area (Å²) in [5.41, 5.74) is 10.5. The largest absolute Gasteiger partial charge is 0.397 e. The SMILES string of the molecule is C=C(c1cnc2ccccc2c1)N(C)c1ccccc1N. The van der Waals surface area contributed by atoms with Crippen LogP contribution in [-0.4, -0.2) is 12.0 Å². The van der Waals surface area contributed by atoms with Crippen LogP contribution in [0.4, 0.5) is 11.4 Å². The lowest BCUT2D eigenvalue weighted by atomic mass is 10.1. The first-order chi connectivity index (χ1) is 10.2. The van der Waals surface area contributed by atoms with Crippen molar-refractivity contribution < 1.29 is 0 Å². The summed E-state index contributed by atoms with van der Waals surface area (Å²) < 4.78 is 0. The second kappa shape index (κ2) is 5.29. The number of pyridine rings is 1. The number of aromatic nitrogens is 1. The van der Waals surface area contributed by atoms with Gasteiger partial charge in [-0.2, -0.15) is 0 Å². The topological polar surface area (TPSA) is 42.2 Å². The molecule has 0 amide bonds. The number of nitrogens with two attached hydrogens (primary N) is 1. The summed E-state index contributed by atoms with van der Waals surface area (Å²) in [5, 5.41) is 1.10. The molecular formula is C18H17N3. The Morgan fingerprint density at radius 1 is 1.10 bits per heavy atom. The van der Waals surface area contributed by atoms with Gasteiger partial charge in [0.05, 0.1) is 16.9 Å². The Morgan fingerprint density at radius 2 is 1.81 bits per heavy atom. The lowest BCUT2D eigenvalue weighted by Crippen LogP contribution is -2.16. The Kier molecular flexibility index (Phi) is 3.32. The lowest BCUT2D eigenvalue weighted by molar-refractivity contribution is 1.22.